The van der Waals surface area contributed by atoms with Crippen LogP contribution in [0, 0.1) is 13.8 Å². The number of aromatic nitrogens is 3. The third-order valence-electron chi connectivity index (χ3n) is 6.07. The number of rotatable bonds is 5. The van der Waals surface area contributed by atoms with Gasteiger partial charge in [-0.25, -0.2) is 0 Å². The molecule has 1 aliphatic rings. The number of hydrogen-bond donors (Lipinski definition) is 0. The summed E-state index contributed by atoms with van der Waals surface area (Å²) in [5.74, 6) is 2.01. The zero-order valence-corrected chi connectivity index (χ0v) is 19.3. The lowest BCUT2D eigenvalue weighted by molar-refractivity contribution is 0.627. The van der Waals surface area contributed by atoms with Crippen molar-refractivity contribution in [2.45, 2.75) is 66.8 Å². The molecule has 0 radical (unpaired) electrons. The highest BCUT2D eigenvalue weighted by Gasteiger charge is 2.21. The number of benzene rings is 1. The minimum Gasteiger partial charge on any atom is -0.311 e. The van der Waals surface area contributed by atoms with Gasteiger partial charge in [0.05, 0.1) is 0 Å². The van der Waals surface area contributed by atoms with Gasteiger partial charge in [0.15, 0.2) is 5.82 Å². The third kappa shape index (κ3) is 4.53. The fourth-order valence-electron chi connectivity index (χ4n) is 4.06. The van der Waals surface area contributed by atoms with Gasteiger partial charge in [-0.2, -0.15) is 0 Å². The Balaban J connectivity index is 2.25. The SMILES string of the molecule is C=C(C)C(/C(C)=N\C)=C(\C=C(/C)c1ccc(C)c(C)c1)c1nnc2n1CCCCC2. The summed E-state index contributed by atoms with van der Waals surface area (Å²) in [5.41, 5.74) is 9.09. The van der Waals surface area contributed by atoms with E-state index in [-0.39, 0.29) is 0 Å². The van der Waals surface area contributed by atoms with Crippen molar-refractivity contribution in [1.29, 1.82) is 0 Å². The maximum absolute atomic E-state index is 4.65. The van der Waals surface area contributed by atoms with Crippen LogP contribution in [0.1, 0.15) is 68.4 Å². The summed E-state index contributed by atoms with van der Waals surface area (Å²) >= 11 is 0. The van der Waals surface area contributed by atoms with Gasteiger partial charge in [-0.1, -0.05) is 31.2 Å². The lowest BCUT2D eigenvalue weighted by Gasteiger charge is -2.16. The van der Waals surface area contributed by atoms with E-state index in [0.29, 0.717) is 0 Å². The maximum Gasteiger partial charge on any atom is 0.164 e. The first-order chi connectivity index (χ1) is 14.3. The summed E-state index contributed by atoms with van der Waals surface area (Å²) in [6.45, 7) is 15.8. The Bertz CT molecular complexity index is 1050. The van der Waals surface area contributed by atoms with Crippen LogP contribution >= 0.6 is 0 Å². The van der Waals surface area contributed by atoms with Crippen molar-refractivity contribution in [3.05, 3.63) is 70.3 Å². The van der Waals surface area contributed by atoms with Crippen molar-refractivity contribution in [1.82, 2.24) is 14.8 Å². The van der Waals surface area contributed by atoms with E-state index >= 15 is 0 Å². The Morgan fingerprint density at radius 3 is 2.50 bits per heavy atom. The molecule has 1 aromatic heterocycles. The molecular formula is C26H34N4. The third-order valence-corrected chi connectivity index (χ3v) is 6.07. The topological polar surface area (TPSA) is 43.1 Å². The molecule has 0 atom stereocenters. The second-order valence-corrected chi connectivity index (χ2v) is 8.41. The summed E-state index contributed by atoms with van der Waals surface area (Å²) in [4.78, 5) is 4.49. The summed E-state index contributed by atoms with van der Waals surface area (Å²) in [6, 6.07) is 6.63. The van der Waals surface area contributed by atoms with Crippen molar-refractivity contribution in [2.75, 3.05) is 7.05 Å². The van der Waals surface area contributed by atoms with Crippen LogP contribution in [0.4, 0.5) is 0 Å². The molecule has 4 nitrogen and oxygen atoms in total. The van der Waals surface area contributed by atoms with Crippen molar-refractivity contribution in [2.24, 2.45) is 4.99 Å². The standard InChI is InChI=1S/C26H34N4/c1-17(2)25(21(6)27-7)23(16-20(5)22-13-12-18(3)19(4)15-22)26-29-28-24-11-9-8-10-14-30(24)26/h12-13,15-16H,1,8-11,14H2,2-7H3/b20-16+,25-23-,27-21-. The fraction of sp³-hybridized carbons (Fsp3) is 0.423. The molecule has 0 spiro atoms. The molecule has 0 unspecified atom stereocenters. The van der Waals surface area contributed by atoms with Crippen LogP contribution in [-0.2, 0) is 13.0 Å². The Labute approximate surface area is 181 Å². The van der Waals surface area contributed by atoms with E-state index in [2.05, 4.69) is 71.4 Å². The highest BCUT2D eigenvalue weighted by Crippen LogP contribution is 2.30. The van der Waals surface area contributed by atoms with E-state index < -0.39 is 0 Å². The van der Waals surface area contributed by atoms with E-state index in [9.17, 15) is 0 Å². The van der Waals surface area contributed by atoms with Gasteiger partial charge < -0.3 is 4.57 Å². The molecule has 0 saturated carbocycles. The van der Waals surface area contributed by atoms with Gasteiger partial charge in [-0.05, 0) is 81.4 Å². The summed E-state index contributed by atoms with van der Waals surface area (Å²) in [5, 5.41) is 9.20. The van der Waals surface area contributed by atoms with Crippen LogP contribution in [0.15, 0.2) is 47.0 Å². The molecule has 3 rings (SSSR count). The minimum absolute atomic E-state index is 0.927. The van der Waals surface area contributed by atoms with Gasteiger partial charge in [-0.3, -0.25) is 4.99 Å². The van der Waals surface area contributed by atoms with Crippen LogP contribution in [0.3, 0.4) is 0 Å². The Morgan fingerprint density at radius 2 is 1.83 bits per heavy atom. The number of aryl methyl sites for hydroxylation is 3. The molecule has 0 amide bonds. The molecule has 1 aliphatic heterocycles. The molecular weight excluding hydrogens is 368 g/mol. The zero-order chi connectivity index (χ0) is 21.8. The zero-order valence-electron chi connectivity index (χ0n) is 19.3. The van der Waals surface area contributed by atoms with Crippen LogP contribution in [0.25, 0.3) is 11.1 Å². The van der Waals surface area contributed by atoms with Crippen molar-refractivity contribution >= 4 is 16.9 Å². The highest BCUT2D eigenvalue weighted by molar-refractivity contribution is 6.10. The van der Waals surface area contributed by atoms with Crippen LogP contribution < -0.4 is 0 Å². The second kappa shape index (κ2) is 9.38. The molecule has 30 heavy (non-hydrogen) atoms. The number of fused-ring (bicyclic) bond motifs is 1. The van der Waals surface area contributed by atoms with Crippen LogP contribution in [0.5, 0.6) is 0 Å². The molecule has 158 valence electrons. The first-order valence-electron chi connectivity index (χ1n) is 10.9. The molecule has 2 heterocycles. The highest BCUT2D eigenvalue weighted by atomic mass is 15.3. The monoisotopic (exact) mass is 402 g/mol. The van der Waals surface area contributed by atoms with Crippen molar-refractivity contribution in [3.63, 3.8) is 0 Å². The molecule has 1 aromatic carbocycles. The summed E-state index contributed by atoms with van der Waals surface area (Å²) < 4.78 is 2.30. The summed E-state index contributed by atoms with van der Waals surface area (Å²) in [6.07, 6.45) is 6.81. The van der Waals surface area contributed by atoms with Crippen LogP contribution in [0.2, 0.25) is 0 Å². The van der Waals surface area contributed by atoms with Gasteiger partial charge >= 0.3 is 0 Å². The Hall–Kier alpha value is -2.75. The average Bonchev–Trinajstić information content (AvgIpc) is 2.96. The molecule has 2 aromatic rings. The van der Waals surface area contributed by atoms with Crippen molar-refractivity contribution < 1.29 is 0 Å². The largest absolute Gasteiger partial charge is 0.311 e. The number of nitrogens with zero attached hydrogens (tertiary/aromatic N) is 4. The Kier molecular flexibility index (Phi) is 6.86. The van der Waals surface area contributed by atoms with Gasteiger partial charge in [0.1, 0.15) is 5.82 Å². The quantitative estimate of drug-likeness (QED) is 0.445. The number of allylic oxidation sites excluding steroid dienone is 5. The molecule has 0 N–H and O–H groups in total. The number of aliphatic imine (C=N–C) groups is 1. The molecule has 0 aliphatic carbocycles. The molecule has 0 saturated heterocycles. The first kappa shape index (κ1) is 21.9. The van der Waals surface area contributed by atoms with Gasteiger partial charge in [-0.15, -0.1) is 10.2 Å². The normalized spacial score (nSPS) is 16.1. The summed E-state index contributed by atoms with van der Waals surface area (Å²) in [7, 11) is 1.83. The van der Waals surface area contributed by atoms with E-state index in [1.165, 1.54) is 35.1 Å². The van der Waals surface area contributed by atoms with E-state index in [4.69, 9.17) is 0 Å². The van der Waals surface area contributed by atoms with Crippen LogP contribution in [-0.4, -0.2) is 27.5 Å². The molecule has 4 heteroatoms. The second-order valence-electron chi connectivity index (χ2n) is 8.41. The maximum atomic E-state index is 4.65. The smallest absolute Gasteiger partial charge is 0.164 e. The first-order valence-corrected chi connectivity index (χ1v) is 10.9. The van der Waals surface area contributed by atoms with E-state index in [1.807, 2.05) is 20.9 Å². The lowest BCUT2D eigenvalue weighted by Crippen LogP contribution is -2.09. The Morgan fingerprint density at radius 1 is 1.07 bits per heavy atom. The van der Waals surface area contributed by atoms with E-state index in [0.717, 1.165) is 53.5 Å². The number of hydrogen-bond acceptors (Lipinski definition) is 3. The average molecular weight is 403 g/mol. The molecule has 0 bridgehead atoms. The predicted octanol–water partition coefficient (Wildman–Crippen LogP) is 6.15. The van der Waals surface area contributed by atoms with Crippen molar-refractivity contribution in [3.8, 4) is 0 Å². The fourth-order valence-corrected chi connectivity index (χ4v) is 4.06. The predicted molar refractivity (Wildman–Crippen MR) is 128 cm³/mol. The van der Waals surface area contributed by atoms with Gasteiger partial charge in [0.2, 0.25) is 0 Å². The lowest BCUT2D eigenvalue weighted by atomic mass is 9.93. The van der Waals surface area contributed by atoms with E-state index in [1.54, 1.807) is 0 Å². The van der Waals surface area contributed by atoms with Gasteiger partial charge in [0, 0.05) is 36.9 Å². The minimum atomic E-state index is 0.927. The van der Waals surface area contributed by atoms with Gasteiger partial charge in [0.25, 0.3) is 0 Å². The molecule has 0 fully saturated rings.